The molecule has 0 aliphatic heterocycles. The molecule has 4 N–H and O–H groups in total. The molecule has 0 bridgehead atoms. The molecule has 0 saturated heterocycles. The average Bonchev–Trinajstić information content (AvgIpc) is 2.41. The number of hydrogen-bond donors (Lipinski definition) is 2. The fraction of sp³-hybridized carbons (Fsp3) is 0. The molecular weight excluding hydrogens is 230 g/mol. The Morgan fingerprint density at radius 2 is 1.44 bits per heavy atom. The molecule has 0 aliphatic carbocycles. The fourth-order valence-electron chi connectivity index (χ4n) is 1.11. The summed E-state index contributed by atoms with van der Waals surface area (Å²) in [6.45, 7) is 0. The Kier molecular flexibility index (Phi) is 5.05. The van der Waals surface area contributed by atoms with Gasteiger partial charge in [0.2, 0.25) is 5.91 Å². The van der Waals surface area contributed by atoms with Crippen LogP contribution in [0.25, 0.3) is 0 Å². The van der Waals surface area contributed by atoms with Gasteiger partial charge in [-0.15, -0.1) is 0 Å². The van der Waals surface area contributed by atoms with Crippen molar-refractivity contribution in [2.24, 2.45) is 11.5 Å². The van der Waals surface area contributed by atoms with Crippen molar-refractivity contribution in [1.29, 1.82) is 0 Å². The summed E-state index contributed by atoms with van der Waals surface area (Å²) in [6, 6.07) is 13.8. The molecule has 1 aromatic heterocycles. The van der Waals surface area contributed by atoms with Gasteiger partial charge in [0, 0.05) is 11.8 Å². The zero-order chi connectivity index (χ0) is 13.4. The van der Waals surface area contributed by atoms with Crippen molar-refractivity contribution in [3.8, 4) is 0 Å². The van der Waals surface area contributed by atoms with E-state index in [-0.39, 0.29) is 5.91 Å². The molecule has 2 aromatic rings. The van der Waals surface area contributed by atoms with E-state index in [1.54, 1.807) is 42.5 Å². The lowest BCUT2D eigenvalue weighted by atomic mass is 10.2. The van der Waals surface area contributed by atoms with E-state index in [9.17, 15) is 9.59 Å². The van der Waals surface area contributed by atoms with E-state index in [1.807, 2.05) is 6.07 Å². The highest BCUT2D eigenvalue weighted by molar-refractivity contribution is 5.92. The maximum absolute atomic E-state index is 10.4. The summed E-state index contributed by atoms with van der Waals surface area (Å²) in [6.07, 6.45) is 1.53. The highest BCUT2D eigenvalue weighted by Crippen LogP contribution is 1.94. The third-order valence-electron chi connectivity index (χ3n) is 1.98. The van der Waals surface area contributed by atoms with Crippen LogP contribution in [0.15, 0.2) is 54.7 Å². The van der Waals surface area contributed by atoms with Gasteiger partial charge in [0.05, 0.1) is 0 Å². The lowest BCUT2D eigenvalue weighted by Crippen LogP contribution is -2.12. The number of carbonyl (C=O) groups is 2. The molecule has 2 rings (SSSR count). The van der Waals surface area contributed by atoms with Gasteiger partial charge >= 0.3 is 0 Å². The van der Waals surface area contributed by atoms with Gasteiger partial charge in [0.25, 0.3) is 5.91 Å². The van der Waals surface area contributed by atoms with Crippen molar-refractivity contribution in [3.63, 3.8) is 0 Å². The lowest BCUT2D eigenvalue weighted by molar-refractivity contribution is 0.0989. The Morgan fingerprint density at radius 3 is 1.78 bits per heavy atom. The molecule has 18 heavy (non-hydrogen) atoms. The second-order valence-corrected chi connectivity index (χ2v) is 3.31. The lowest BCUT2D eigenvalue weighted by Gasteiger charge is -1.89. The molecule has 5 nitrogen and oxygen atoms in total. The smallest absolute Gasteiger partial charge is 0.267 e. The summed E-state index contributed by atoms with van der Waals surface area (Å²) in [5.74, 6) is -0.869. The molecule has 0 unspecified atom stereocenters. The van der Waals surface area contributed by atoms with E-state index in [2.05, 4.69) is 4.98 Å². The Bertz CT molecular complexity index is 463. The van der Waals surface area contributed by atoms with E-state index in [0.29, 0.717) is 11.3 Å². The predicted octanol–water partition coefficient (Wildman–Crippen LogP) is 0.966. The number of carbonyl (C=O) groups excluding carboxylic acids is 2. The number of nitrogens with two attached hydrogens (primary N) is 2. The first-order valence-electron chi connectivity index (χ1n) is 5.17. The molecule has 0 radical (unpaired) electrons. The molecule has 1 aromatic carbocycles. The van der Waals surface area contributed by atoms with Crippen molar-refractivity contribution in [2.75, 3.05) is 0 Å². The van der Waals surface area contributed by atoms with Crippen molar-refractivity contribution in [1.82, 2.24) is 4.98 Å². The van der Waals surface area contributed by atoms with Gasteiger partial charge in [0.1, 0.15) is 5.69 Å². The van der Waals surface area contributed by atoms with Crippen molar-refractivity contribution >= 4 is 11.8 Å². The van der Waals surface area contributed by atoms with Crippen LogP contribution < -0.4 is 11.5 Å². The Hall–Kier alpha value is -2.69. The summed E-state index contributed by atoms with van der Waals surface area (Å²) < 4.78 is 0. The van der Waals surface area contributed by atoms with E-state index in [1.165, 1.54) is 6.20 Å². The number of primary amides is 2. The Labute approximate surface area is 104 Å². The Balaban J connectivity index is 0.000000180. The molecule has 0 atom stereocenters. The first-order valence-corrected chi connectivity index (χ1v) is 5.17. The highest BCUT2D eigenvalue weighted by atomic mass is 16.1. The zero-order valence-corrected chi connectivity index (χ0v) is 9.61. The van der Waals surface area contributed by atoms with Gasteiger partial charge in [-0.25, -0.2) is 0 Å². The van der Waals surface area contributed by atoms with Gasteiger partial charge in [-0.3, -0.25) is 14.6 Å². The average molecular weight is 243 g/mol. The van der Waals surface area contributed by atoms with Crippen molar-refractivity contribution < 1.29 is 9.59 Å². The molecule has 0 aliphatic rings. The van der Waals surface area contributed by atoms with Crippen LogP contribution in [0.5, 0.6) is 0 Å². The summed E-state index contributed by atoms with van der Waals surface area (Å²) in [5.41, 5.74) is 10.7. The molecule has 0 saturated carbocycles. The minimum Gasteiger partial charge on any atom is -0.366 e. The van der Waals surface area contributed by atoms with Crippen LogP contribution in [0.4, 0.5) is 0 Å². The number of pyridine rings is 1. The second kappa shape index (κ2) is 6.80. The normalized spacial score (nSPS) is 8.89. The van der Waals surface area contributed by atoms with Crippen LogP contribution in [0.1, 0.15) is 20.8 Å². The highest BCUT2D eigenvalue weighted by Gasteiger charge is 1.96. The number of hydrogen-bond acceptors (Lipinski definition) is 3. The van der Waals surface area contributed by atoms with E-state index < -0.39 is 5.91 Å². The maximum atomic E-state index is 10.4. The number of benzene rings is 1. The van der Waals surface area contributed by atoms with Crippen LogP contribution >= 0.6 is 0 Å². The topological polar surface area (TPSA) is 99.1 Å². The predicted molar refractivity (Wildman–Crippen MR) is 67.7 cm³/mol. The molecule has 2 amide bonds. The van der Waals surface area contributed by atoms with Crippen molar-refractivity contribution in [2.45, 2.75) is 0 Å². The summed E-state index contributed by atoms with van der Waals surface area (Å²) >= 11 is 0. The fourth-order valence-corrected chi connectivity index (χ4v) is 1.11. The number of amides is 2. The third kappa shape index (κ3) is 4.44. The van der Waals surface area contributed by atoms with Gasteiger partial charge in [-0.1, -0.05) is 24.3 Å². The summed E-state index contributed by atoms with van der Waals surface area (Å²) in [5, 5.41) is 0. The minimum atomic E-state index is -0.490. The molecule has 5 heteroatoms. The van der Waals surface area contributed by atoms with Gasteiger partial charge < -0.3 is 11.5 Å². The molecule has 0 spiro atoms. The summed E-state index contributed by atoms with van der Waals surface area (Å²) in [7, 11) is 0. The maximum Gasteiger partial charge on any atom is 0.267 e. The second-order valence-electron chi connectivity index (χ2n) is 3.31. The first-order chi connectivity index (χ1) is 8.61. The SMILES string of the molecule is NC(=O)c1ccccc1.NC(=O)c1ccccn1. The first kappa shape index (κ1) is 13.4. The van der Waals surface area contributed by atoms with Crippen LogP contribution in [-0.4, -0.2) is 16.8 Å². The summed E-state index contributed by atoms with van der Waals surface area (Å²) in [4.78, 5) is 24.5. The van der Waals surface area contributed by atoms with Crippen molar-refractivity contribution in [3.05, 3.63) is 66.0 Å². The third-order valence-corrected chi connectivity index (χ3v) is 1.98. The molecule has 92 valence electrons. The Morgan fingerprint density at radius 1 is 0.833 bits per heavy atom. The molecule has 0 fully saturated rings. The number of rotatable bonds is 2. The monoisotopic (exact) mass is 243 g/mol. The molecular formula is C13H13N3O2. The van der Waals surface area contributed by atoms with Gasteiger partial charge in [-0.05, 0) is 24.3 Å². The molecule has 1 heterocycles. The van der Waals surface area contributed by atoms with Gasteiger partial charge in [0.15, 0.2) is 0 Å². The number of aromatic nitrogens is 1. The van der Waals surface area contributed by atoms with Crippen LogP contribution in [0.3, 0.4) is 0 Å². The van der Waals surface area contributed by atoms with Crippen LogP contribution in [0, 0.1) is 0 Å². The minimum absolute atomic E-state index is 0.303. The zero-order valence-electron chi connectivity index (χ0n) is 9.61. The van der Waals surface area contributed by atoms with E-state index in [4.69, 9.17) is 11.5 Å². The largest absolute Gasteiger partial charge is 0.366 e. The standard InChI is InChI=1S/C7H7NO.C6H6N2O/c8-7(9)6-4-2-1-3-5-6;7-6(9)5-3-1-2-4-8-5/h1-5H,(H2,8,9);1-4H,(H2,7,9). The van der Waals surface area contributed by atoms with Crippen LogP contribution in [0.2, 0.25) is 0 Å². The number of nitrogens with zero attached hydrogens (tertiary/aromatic N) is 1. The van der Waals surface area contributed by atoms with E-state index >= 15 is 0 Å². The van der Waals surface area contributed by atoms with Crippen LogP contribution in [-0.2, 0) is 0 Å². The van der Waals surface area contributed by atoms with Gasteiger partial charge in [-0.2, -0.15) is 0 Å². The van der Waals surface area contributed by atoms with E-state index in [0.717, 1.165) is 0 Å². The quantitative estimate of drug-likeness (QED) is 0.821.